The minimum atomic E-state index is -0.549. The topological polar surface area (TPSA) is 157 Å². The number of nitrogen functional groups attached to an aromatic ring is 1. The molecule has 0 radical (unpaired) electrons. The van der Waals surface area contributed by atoms with Crippen molar-refractivity contribution in [3.63, 3.8) is 0 Å². The predicted molar refractivity (Wildman–Crippen MR) is 106 cm³/mol. The number of hydrogen-bond donors (Lipinski definition) is 2. The Bertz CT molecular complexity index is 722. The van der Waals surface area contributed by atoms with E-state index >= 15 is 0 Å². The Morgan fingerprint density at radius 1 is 0.733 bits per heavy atom. The first-order chi connectivity index (χ1) is 14.2. The average molecular weight is 424 g/mol. The van der Waals surface area contributed by atoms with Crippen molar-refractivity contribution in [3.05, 3.63) is 29.3 Å². The van der Waals surface area contributed by atoms with Gasteiger partial charge in [-0.15, -0.1) is 0 Å². The van der Waals surface area contributed by atoms with Gasteiger partial charge in [0, 0.05) is 11.7 Å². The molecular formula is C20H28N2O8. The second-order valence-corrected chi connectivity index (χ2v) is 6.73. The number of hydrogen-bond acceptors (Lipinski definition) is 10. The van der Waals surface area contributed by atoms with Crippen molar-refractivity contribution >= 4 is 29.6 Å². The lowest BCUT2D eigenvalue weighted by atomic mass is 9.79. The van der Waals surface area contributed by atoms with Crippen LogP contribution in [0, 0.1) is 11.8 Å². The zero-order chi connectivity index (χ0) is 22.8. The van der Waals surface area contributed by atoms with Crippen LogP contribution in [-0.4, -0.2) is 58.4 Å². The molecule has 0 saturated heterocycles. The smallest absolute Gasteiger partial charge is 0.337 e. The molecule has 1 aliphatic carbocycles. The molecule has 1 unspecified atom stereocenters. The van der Waals surface area contributed by atoms with Gasteiger partial charge in [-0.25, -0.2) is 9.59 Å². The Morgan fingerprint density at radius 2 is 1.13 bits per heavy atom. The number of esters is 4. The SMILES string of the molecule is COC(=O)[C@@H]1CC(N)C[C@H](C(=O)OC)C1.COC(=O)c1cc(N)cc(C(=O)OC)c1. The van der Waals surface area contributed by atoms with Crippen LogP contribution in [0.4, 0.5) is 5.69 Å². The summed E-state index contributed by atoms with van der Waals surface area (Å²) in [7, 11) is 5.19. The summed E-state index contributed by atoms with van der Waals surface area (Å²) in [5, 5.41) is 0. The first-order valence-corrected chi connectivity index (χ1v) is 9.15. The average Bonchev–Trinajstić information content (AvgIpc) is 2.76. The molecule has 1 aromatic rings. The minimum absolute atomic E-state index is 0.132. The third-order valence-corrected chi connectivity index (χ3v) is 4.61. The van der Waals surface area contributed by atoms with E-state index in [0.717, 1.165) is 0 Å². The van der Waals surface area contributed by atoms with Crippen molar-refractivity contribution in [3.8, 4) is 0 Å². The molecule has 2 rings (SSSR count). The summed E-state index contributed by atoms with van der Waals surface area (Å²) in [5.41, 5.74) is 12.1. The first kappa shape index (κ1) is 24.9. The van der Waals surface area contributed by atoms with Crippen LogP contribution >= 0.6 is 0 Å². The van der Waals surface area contributed by atoms with Gasteiger partial charge in [0.25, 0.3) is 0 Å². The molecule has 30 heavy (non-hydrogen) atoms. The minimum Gasteiger partial charge on any atom is -0.469 e. The third-order valence-electron chi connectivity index (χ3n) is 4.61. The van der Waals surface area contributed by atoms with Crippen molar-refractivity contribution in [2.45, 2.75) is 25.3 Å². The van der Waals surface area contributed by atoms with Gasteiger partial charge in [0.15, 0.2) is 0 Å². The summed E-state index contributed by atoms with van der Waals surface area (Å²) in [6.45, 7) is 0. The molecule has 0 bridgehead atoms. The highest BCUT2D eigenvalue weighted by Crippen LogP contribution is 2.30. The Kier molecular flexibility index (Phi) is 9.76. The molecule has 0 aromatic heterocycles. The lowest BCUT2D eigenvalue weighted by Gasteiger charge is -2.29. The number of carbonyl (C=O) groups is 4. The van der Waals surface area contributed by atoms with Crippen LogP contribution in [0.15, 0.2) is 18.2 Å². The molecule has 1 fully saturated rings. The first-order valence-electron chi connectivity index (χ1n) is 9.15. The van der Waals surface area contributed by atoms with Gasteiger partial charge in [0.1, 0.15) is 0 Å². The van der Waals surface area contributed by atoms with Gasteiger partial charge in [-0.3, -0.25) is 9.59 Å². The zero-order valence-corrected chi connectivity index (χ0v) is 17.5. The van der Waals surface area contributed by atoms with Gasteiger partial charge in [-0.2, -0.15) is 0 Å². The Labute approximate surface area is 174 Å². The number of nitrogens with two attached hydrogens (primary N) is 2. The van der Waals surface area contributed by atoms with Gasteiger partial charge in [0.2, 0.25) is 0 Å². The van der Waals surface area contributed by atoms with Crippen molar-refractivity contribution in [2.24, 2.45) is 17.6 Å². The van der Waals surface area contributed by atoms with E-state index in [0.29, 0.717) is 24.9 Å². The third kappa shape index (κ3) is 7.03. The number of methoxy groups -OCH3 is 4. The summed E-state index contributed by atoms with van der Waals surface area (Å²) >= 11 is 0. The number of carbonyl (C=O) groups excluding carboxylic acids is 4. The van der Waals surface area contributed by atoms with Crippen LogP contribution in [0.2, 0.25) is 0 Å². The molecule has 0 heterocycles. The van der Waals surface area contributed by atoms with Gasteiger partial charge < -0.3 is 30.4 Å². The largest absolute Gasteiger partial charge is 0.469 e. The summed E-state index contributed by atoms with van der Waals surface area (Å²) < 4.78 is 18.3. The molecule has 10 heteroatoms. The monoisotopic (exact) mass is 424 g/mol. The lowest BCUT2D eigenvalue weighted by Crippen LogP contribution is -2.39. The number of benzene rings is 1. The fraction of sp³-hybridized carbons (Fsp3) is 0.500. The summed E-state index contributed by atoms with van der Waals surface area (Å²) in [6.07, 6.45) is 1.65. The maximum atomic E-state index is 11.3. The van der Waals surface area contributed by atoms with Crippen LogP contribution in [0.3, 0.4) is 0 Å². The van der Waals surface area contributed by atoms with Crippen molar-refractivity contribution in [1.82, 2.24) is 0 Å². The van der Waals surface area contributed by atoms with E-state index < -0.39 is 11.9 Å². The molecule has 1 aliphatic rings. The zero-order valence-electron chi connectivity index (χ0n) is 17.5. The quantitative estimate of drug-likeness (QED) is 0.404. The van der Waals surface area contributed by atoms with E-state index in [9.17, 15) is 19.2 Å². The molecule has 4 N–H and O–H groups in total. The summed E-state index contributed by atoms with van der Waals surface area (Å²) in [6, 6.07) is 4.09. The van der Waals surface area contributed by atoms with Crippen LogP contribution in [-0.2, 0) is 28.5 Å². The highest BCUT2D eigenvalue weighted by Gasteiger charge is 2.35. The molecule has 0 aliphatic heterocycles. The van der Waals surface area contributed by atoms with E-state index in [2.05, 4.69) is 18.9 Å². The van der Waals surface area contributed by atoms with Crippen LogP contribution in [0.25, 0.3) is 0 Å². The highest BCUT2D eigenvalue weighted by atomic mass is 16.5. The fourth-order valence-corrected chi connectivity index (χ4v) is 3.20. The highest BCUT2D eigenvalue weighted by molar-refractivity contribution is 5.96. The summed E-state index contributed by atoms with van der Waals surface area (Å²) in [4.78, 5) is 45.1. The molecule has 166 valence electrons. The lowest BCUT2D eigenvalue weighted by molar-refractivity contribution is -0.152. The Hall–Kier alpha value is -3.14. The van der Waals surface area contributed by atoms with E-state index in [-0.39, 0.29) is 40.9 Å². The van der Waals surface area contributed by atoms with E-state index in [4.69, 9.17) is 11.5 Å². The van der Waals surface area contributed by atoms with Crippen molar-refractivity contribution in [1.29, 1.82) is 0 Å². The number of ether oxygens (including phenoxy) is 4. The molecule has 1 aromatic carbocycles. The summed E-state index contributed by atoms with van der Waals surface area (Å²) in [5.74, 6) is -2.23. The maximum Gasteiger partial charge on any atom is 0.337 e. The molecular weight excluding hydrogens is 396 g/mol. The standard InChI is InChI=1S/C10H17NO4.C10H11NO4/c2*1-14-9(12)6-3-7(10(13)15-2)5-8(11)4-6/h6-8H,3-5,11H2,1-2H3;3-5H,11H2,1-2H3/t6-,7+,8?;. The molecule has 10 nitrogen and oxygen atoms in total. The van der Waals surface area contributed by atoms with E-state index in [1.54, 1.807) is 0 Å². The predicted octanol–water partition coefficient (Wildman–Crippen LogP) is 0.918. The normalized spacial score (nSPS) is 20.1. The molecule has 0 amide bonds. The van der Waals surface area contributed by atoms with Gasteiger partial charge in [0.05, 0.1) is 51.4 Å². The Balaban J connectivity index is 0.000000300. The van der Waals surface area contributed by atoms with Crippen LogP contribution < -0.4 is 11.5 Å². The number of anilines is 1. The van der Waals surface area contributed by atoms with E-state index in [1.807, 2.05) is 0 Å². The second kappa shape index (κ2) is 11.8. The van der Waals surface area contributed by atoms with Crippen molar-refractivity contribution in [2.75, 3.05) is 34.2 Å². The fourth-order valence-electron chi connectivity index (χ4n) is 3.20. The molecule has 0 spiro atoms. The van der Waals surface area contributed by atoms with Gasteiger partial charge in [-0.1, -0.05) is 0 Å². The maximum absolute atomic E-state index is 11.3. The molecule has 3 atom stereocenters. The van der Waals surface area contributed by atoms with Gasteiger partial charge in [-0.05, 0) is 37.5 Å². The van der Waals surface area contributed by atoms with Crippen molar-refractivity contribution < 1.29 is 38.1 Å². The second-order valence-electron chi connectivity index (χ2n) is 6.73. The van der Waals surface area contributed by atoms with Crippen LogP contribution in [0.1, 0.15) is 40.0 Å². The van der Waals surface area contributed by atoms with E-state index in [1.165, 1.54) is 46.6 Å². The molecule has 1 saturated carbocycles. The van der Waals surface area contributed by atoms with Gasteiger partial charge >= 0.3 is 23.9 Å². The Morgan fingerprint density at radius 3 is 1.47 bits per heavy atom. The van der Waals surface area contributed by atoms with Crippen LogP contribution in [0.5, 0.6) is 0 Å². The number of rotatable bonds is 4.